The summed E-state index contributed by atoms with van der Waals surface area (Å²) in [6.45, 7) is 3.99. The van der Waals surface area contributed by atoms with Gasteiger partial charge in [0.2, 0.25) is 5.91 Å². The van der Waals surface area contributed by atoms with E-state index in [0.29, 0.717) is 0 Å². The molecule has 0 aliphatic rings. The molecule has 15 heavy (non-hydrogen) atoms. The third kappa shape index (κ3) is 3.64. The van der Waals surface area contributed by atoms with Crippen molar-refractivity contribution < 1.29 is 4.79 Å². The predicted octanol–water partition coefficient (Wildman–Crippen LogP) is 2.05. The maximum Gasteiger partial charge on any atom is 0.237 e. The molecule has 0 bridgehead atoms. The second-order valence-corrected chi connectivity index (χ2v) is 4.46. The van der Waals surface area contributed by atoms with E-state index in [1.165, 1.54) is 0 Å². The van der Waals surface area contributed by atoms with Crippen LogP contribution in [0.3, 0.4) is 0 Å². The van der Waals surface area contributed by atoms with Crippen LogP contribution in [0, 0.1) is 0 Å². The minimum Gasteiger partial charge on any atom is -0.348 e. The van der Waals surface area contributed by atoms with Gasteiger partial charge in [0.15, 0.2) is 0 Å². The van der Waals surface area contributed by atoms with Gasteiger partial charge in [-0.15, -0.1) is 0 Å². The molecule has 4 heteroatoms. The summed E-state index contributed by atoms with van der Waals surface area (Å²) in [6, 6.07) is 1.68. The second kappa shape index (κ2) is 5.88. The molecule has 0 aromatic carbocycles. The fraction of sp³-hybridized carbons (Fsp3) is 0.545. The van der Waals surface area contributed by atoms with Crippen molar-refractivity contribution in [2.75, 3.05) is 0 Å². The van der Waals surface area contributed by atoms with E-state index >= 15 is 0 Å². The summed E-state index contributed by atoms with van der Waals surface area (Å²) in [5.41, 5.74) is 6.86. The average molecular weight is 226 g/mol. The molecule has 0 radical (unpaired) electrons. The number of carbonyl (C=O) groups excluding carboxylic acids is 1. The van der Waals surface area contributed by atoms with Crippen LogP contribution in [0.2, 0.25) is 0 Å². The number of amides is 1. The van der Waals surface area contributed by atoms with Crippen molar-refractivity contribution in [1.29, 1.82) is 0 Å². The second-order valence-electron chi connectivity index (χ2n) is 3.68. The Kier molecular flexibility index (Phi) is 4.78. The molecule has 1 rings (SSSR count). The van der Waals surface area contributed by atoms with E-state index in [1.807, 2.05) is 30.7 Å². The highest BCUT2D eigenvalue weighted by atomic mass is 32.1. The summed E-state index contributed by atoms with van der Waals surface area (Å²) in [7, 11) is 0. The van der Waals surface area contributed by atoms with Gasteiger partial charge in [0.1, 0.15) is 0 Å². The fourth-order valence-corrected chi connectivity index (χ4v) is 2.12. The van der Waals surface area contributed by atoms with Gasteiger partial charge in [-0.1, -0.05) is 13.3 Å². The molecular weight excluding hydrogens is 208 g/mol. The highest BCUT2D eigenvalue weighted by Crippen LogP contribution is 2.15. The van der Waals surface area contributed by atoms with Crippen molar-refractivity contribution >= 4 is 17.2 Å². The molecule has 0 spiro atoms. The Labute approximate surface area is 94.7 Å². The molecule has 0 fully saturated rings. The standard InChI is InChI=1S/C11H18N2OS/c1-3-4-10(12)11(14)13-8(2)9-5-6-15-7-9/h5-8,10H,3-4,12H2,1-2H3,(H,13,14)/t8?,10-/m0/s1. The first-order valence-corrected chi connectivity index (χ1v) is 6.17. The molecule has 0 saturated carbocycles. The van der Waals surface area contributed by atoms with E-state index in [1.54, 1.807) is 11.3 Å². The van der Waals surface area contributed by atoms with E-state index in [2.05, 4.69) is 5.32 Å². The molecule has 0 saturated heterocycles. The van der Waals surface area contributed by atoms with Crippen LogP contribution in [0.5, 0.6) is 0 Å². The van der Waals surface area contributed by atoms with E-state index in [9.17, 15) is 4.79 Å². The van der Waals surface area contributed by atoms with Crippen molar-refractivity contribution in [1.82, 2.24) is 5.32 Å². The maximum atomic E-state index is 11.6. The van der Waals surface area contributed by atoms with Crippen LogP contribution in [-0.2, 0) is 4.79 Å². The van der Waals surface area contributed by atoms with Crippen molar-refractivity contribution in [3.05, 3.63) is 22.4 Å². The third-order valence-electron chi connectivity index (χ3n) is 2.34. The summed E-state index contributed by atoms with van der Waals surface area (Å²) in [5.74, 6) is -0.0597. The van der Waals surface area contributed by atoms with Gasteiger partial charge in [-0.05, 0) is 35.7 Å². The van der Waals surface area contributed by atoms with Crippen LogP contribution < -0.4 is 11.1 Å². The van der Waals surface area contributed by atoms with Gasteiger partial charge in [-0.2, -0.15) is 11.3 Å². The van der Waals surface area contributed by atoms with Crippen molar-refractivity contribution in [3.63, 3.8) is 0 Å². The average Bonchev–Trinajstić information content (AvgIpc) is 2.70. The third-order valence-corrected chi connectivity index (χ3v) is 3.04. The van der Waals surface area contributed by atoms with Crippen LogP contribution >= 0.6 is 11.3 Å². The van der Waals surface area contributed by atoms with Gasteiger partial charge >= 0.3 is 0 Å². The number of carbonyl (C=O) groups is 1. The Balaban J connectivity index is 2.44. The van der Waals surface area contributed by atoms with E-state index in [4.69, 9.17) is 5.73 Å². The van der Waals surface area contributed by atoms with E-state index in [0.717, 1.165) is 18.4 Å². The summed E-state index contributed by atoms with van der Waals surface area (Å²) < 4.78 is 0. The van der Waals surface area contributed by atoms with Crippen molar-refractivity contribution in [2.45, 2.75) is 38.8 Å². The number of hydrogen-bond acceptors (Lipinski definition) is 3. The minimum atomic E-state index is -0.379. The van der Waals surface area contributed by atoms with Gasteiger partial charge in [-0.3, -0.25) is 4.79 Å². The van der Waals surface area contributed by atoms with Crippen LogP contribution in [0.4, 0.5) is 0 Å². The SMILES string of the molecule is CCC[C@H](N)C(=O)NC(C)c1ccsc1. The Hall–Kier alpha value is -0.870. The lowest BCUT2D eigenvalue weighted by Crippen LogP contribution is -2.41. The first-order chi connectivity index (χ1) is 7.15. The molecule has 0 aliphatic carbocycles. The molecule has 1 aromatic heterocycles. The molecular formula is C11H18N2OS. The zero-order valence-corrected chi connectivity index (χ0v) is 10.0. The lowest BCUT2D eigenvalue weighted by Gasteiger charge is -2.16. The van der Waals surface area contributed by atoms with Crippen LogP contribution in [0.25, 0.3) is 0 Å². The zero-order valence-electron chi connectivity index (χ0n) is 9.19. The first kappa shape index (κ1) is 12.2. The number of nitrogens with two attached hydrogens (primary N) is 1. The molecule has 1 heterocycles. The highest BCUT2D eigenvalue weighted by Gasteiger charge is 2.15. The quantitative estimate of drug-likeness (QED) is 0.807. The normalized spacial score (nSPS) is 14.6. The minimum absolute atomic E-state index is 0.0478. The molecule has 1 amide bonds. The maximum absolute atomic E-state index is 11.6. The number of nitrogens with one attached hydrogen (secondary N) is 1. The first-order valence-electron chi connectivity index (χ1n) is 5.23. The van der Waals surface area contributed by atoms with Gasteiger partial charge in [0.05, 0.1) is 12.1 Å². The number of hydrogen-bond donors (Lipinski definition) is 2. The zero-order chi connectivity index (χ0) is 11.3. The topological polar surface area (TPSA) is 55.1 Å². The van der Waals surface area contributed by atoms with Gasteiger partial charge in [0, 0.05) is 0 Å². The molecule has 1 aromatic rings. The number of thiophene rings is 1. The smallest absolute Gasteiger partial charge is 0.237 e. The van der Waals surface area contributed by atoms with E-state index < -0.39 is 0 Å². The van der Waals surface area contributed by atoms with Gasteiger partial charge < -0.3 is 11.1 Å². The molecule has 3 nitrogen and oxygen atoms in total. The monoisotopic (exact) mass is 226 g/mol. The molecule has 0 aliphatic heterocycles. The Morgan fingerprint density at radius 2 is 2.40 bits per heavy atom. The fourth-order valence-electron chi connectivity index (χ4n) is 1.37. The van der Waals surface area contributed by atoms with E-state index in [-0.39, 0.29) is 18.0 Å². The Morgan fingerprint density at radius 1 is 1.67 bits per heavy atom. The summed E-state index contributed by atoms with van der Waals surface area (Å²) >= 11 is 1.63. The summed E-state index contributed by atoms with van der Waals surface area (Å²) in [4.78, 5) is 11.6. The van der Waals surface area contributed by atoms with Gasteiger partial charge in [-0.25, -0.2) is 0 Å². The summed E-state index contributed by atoms with van der Waals surface area (Å²) in [5, 5.41) is 6.95. The molecule has 3 N–H and O–H groups in total. The molecule has 1 unspecified atom stereocenters. The van der Waals surface area contributed by atoms with Crippen LogP contribution in [-0.4, -0.2) is 11.9 Å². The van der Waals surface area contributed by atoms with Crippen LogP contribution in [0.1, 0.15) is 38.3 Å². The molecule has 2 atom stereocenters. The van der Waals surface area contributed by atoms with Crippen molar-refractivity contribution in [3.8, 4) is 0 Å². The summed E-state index contributed by atoms with van der Waals surface area (Å²) in [6.07, 6.45) is 1.67. The Morgan fingerprint density at radius 3 is 2.93 bits per heavy atom. The van der Waals surface area contributed by atoms with Gasteiger partial charge in [0.25, 0.3) is 0 Å². The highest BCUT2D eigenvalue weighted by molar-refractivity contribution is 7.07. The van der Waals surface area contributed by atoms with Crippen molar-refractivity contribution in [2.24, 2.45) is 5.73 Å². The Bertz CT molecular complexity index is 298. The molecule has 84 valence electrons. The predicted molar refractivity (Wildman–Crippen MR) is 63.8 cm³/mol. The lowest BCUT2D eigenvalue weighted by molar-refractivity contribution is -0.123. The van der Waals surface area contributed by atoms with Crippen LogP contribution in [0.15, 0.2) is 16.8 Å². The lowest BCUT2D eigenvalue weighted by atomic mass is 10.1. The largest absolute Gasteiger partial charge is 0.348 e. The number of rotatable bonds is 5.